The zero-order valence-corrected chi connectivity index (χ0v) is 12.6. The highest BCUT2D eigenvalue weighted by molar-refractivity contribution is 5.96. The molecule has 5 heteroatoms. The van der Waals surface area contributed by atoms with Crippen molar-refractivity contribution in [3.63, 3.8) is 0 Å². The zero-order valence-electron chi connectivity index (χ0n) is 12.6. The van der Waals surface area contributed by atoms with Crippen LogP contribution in [0.1, 0.15) is 5.56 Å². The summed E-state index contributed by atoms with van der Waals surface area (Å²) in [6, 6.07) is 14.7. The molecule has 0 bridgehead atoms. The minimum absolute atomic E-state index is 0.334. The van der Waals surface area contributed by atoms with Gasteiger partial charge in [0.2, 0.25) is 0 Å². The molecular weight excluding hydrogens is 297 g/mol. The van der Waals surface area contributed by atoms with Gasteiger partial charge in [-0.2, -0.15) is 0 Å². The van der Waals surface area contributed by atoms with E-state index < -0.39 is 5.97 Å². The number of carbonyl (C=O) groups excluding carboxylic acids is 2. The van der Waals surface area contributed by atoms with Gasteiger partial charge in [-0.3, -0.25) is 4.79 Å². The summed E-state index contributed by atoms with van der Waals surface area (Å²) in [6.45, 7) is -0.349. The molecule has 0 fully saturated rings. The number of esters is 1. The molecule has 2 rings (SSSR count). The molecule has 0 radical (unpaired) electrons. The van der Waals surface area contributed by atoms with E-state index in [-0.39, 0.29) is 18.3 Å². The van der Waals surface area contributed by atoms with Crippen LogP contribution < -0.4 is 4.90 Å². The van der Waals surface area contributed by atoms with Crippen LogP contribution in [-0.4, -0.2) is 25.5 Å². The Kier molecular flexibility index (Phi) is 5.63. The molecule has 0 N–H and O–H groups in total. The number of benzene rings is 2. The Hall–Kier alpha value is -2.95. The lowest BCUT2D eigenvalue weighted by Gasteiger charge is -2.16. The lowest BCUT2D eigenvalue weighted by Crippen LogP contribution is -2.30. The number of halogens is 1. The maximum Gasteiger partial charge on any atom is 0.331 e. The van der Waals surface area contributed by atoms with E-state index in [4.69, 9.17) is 4.74 Å². The number of hydrogen-bond acceptors (Lipinski definition) is 3. The molecule has 23 heavy (non-hydrogen) atoms. The molecule has 0 saturated heterocycles. The Morgan fingerprint density at radius 3 is 2.39 bits per heavy atom. The molecule has 118 valence electrons. The van der Waals surface area contributed by atoms with Gasteiger partial charge in [0.15, 0.2) is 6.61 Å². The molecular formula is C18H16FNO3. The molecule has 2 aromatic carbocycles. The number of rotatable bonds is 5. The minimum atomic E-state index is -0.635. The molecule has 0 heterocycles. The van der Waals surface area contributed by atoms with E-state index in [0.29, 0.717) is 5.56 Å². The Bertz CT molecular complexity index is 696. The third-order valence-corrected chi connectivity index (χ3v) is 3.14. The molecule has 0 atom stereocenters. The highest BCUT2D eigenvalue weighted by atomic mass is 19.1. The van der Waals surface area contributed by atoms with Crippen LogP contribution in [0.4, 0.5) is 10.1 Å². The van der Waals surface area contributed by atoms with Crippen LogP contribution in [0, 0.1) is 5.82 Å². The first kappa shape index (κ1) is 16.4. The lowest BCUT2D eigenvalue weighted by atomic mass is 10.2. The summed E-state index contributed by atoms with van der Waals surface area (Å²) in [5, 5.41) is 0. The molecule has 0 aliphatic rings. The molecule has 4 nitrogen and oxygen atoms in total. The third-order valence-electron chi connectivity index (χ3n) is 3.14. The standard InChI is InChI=1S/C18H16FNO3/c1-20(16-5-3-2-4-6-16)17(21)13-23-18(22)12-9-14-7-10-15(19)11-8-14/h2-12H,13H2,1H3. The first-order chi connectivity index (χ1) is 11.1. The van der Waals surface area contributed by atoms with E-state index in [0.717, 1.165) is 5.69 Å². The Morgan fingerprint density at radius 1 is 1.09 bits per heavy atom. The van der Waals surface area contributed by atoms with E-state index in [2.05, 4.69) is 0 Å². The van der Waals surface area contributed by atoms with Crippen LogP contribution in [0.5, 0.6) is 0 Å². The summed E-state index contributed by atoms with van der Waals surface area (Å²) in [5.41, 5.74) is 1.38. The maximum atomic E-state index is 12.8. The minimum Gasteiger partial charge on any atom is -0.452 e. The van der Waals surface area contributed by atoms with E-state index in [1.54, 1.807) is 19.2 Å². The van der Waals surface area contributed by atoms with Crippen molar-refractivity contribution in [2.45, 2.75) is 0 Å². The monoisotopic (exact) mass is 313 g/mol. The second-order valence-electron chi connectivity index (χ2n) is 4.78. The number of anilines is 1. The van der Waals surface area contributed by atoms with Crippen molar-refractivity contribution in [2.75, 3.05) is 18.6 Å². The van der Waals surface area contributed by atoms with E-state index in [1.165, 1.54) is 41.3 Å². The lowest BCUT2D eigenvalue weighted by molar-refractivity contribution is -0.142. The highest BCUT2D eigenvalue weighted by Gasteiger charge is 2.12. The predicted octanol–water partition coefficient (Wildman–Crippen LogP) is 3.05. The number of para-hydroxylation sites is 1. The van der Waals surface area contributed by atoms with Crippen LogP contribution >= 0.6 is 0 Å². The van der Waals surface area contributed by atoms with Crippen molar-refractivity contribution in [2.24, 2.45) is 0 Å². The topological polar surface area (TPSA) is 46.6 Å². The number of carbonyl (C=O) groups is 2. The van der Waals surface area contributed by atoms with Crippen molar-refractivity contribution in [3.8, 4) is 0 Å². The molecule has 0 aliphatic carbocycles. The number of ether oxygens (including phenoxy) is 1. The van der Waals surface area contributed by atoms with Gasteiger partial charge < -0.3 is 9.64 Å². The molecule has 1 amide bonds. The van der Waals surface area contributed by atoms with Crippen molar-refractivity contribution < 1.29 is 18.7 Å². The second-order valence-corrected chi connectivity index (χ2v) is 4.78. The molecule has 0 saturated carbocycles. The number of nitrogens with zero attached hydrogens (tertiary/aromatic N) is 1. The molecule has 0 aromatic heterocycles. The quantitative estimate of drug-likeness (QED) is 0.629. The predicted molar refractivity (Wildman–Crippen MR) is 86.2 cm³/mol. The van der Waals surface area contributed by atoms with Gasteiger partial charge in [0.1, 0.15) is 5.82 Å². The van der Waals surface area contributed by atoms with Crippen LogP contribution in [0.25, 0.3) is 6.08 Å². The summed E-state index contributed by atoms with van der Waals surface area (Å²) in [6.07, 6.45) is 2.69. The fraction of sp³-hybridized carbons (Fsp3) is 0.111. The Balaban J connectivity index is 1.84. The summed E-state index contributed by atoms with van der Waals surface area (Å²) in [7, 11) is 1.61. The van der Waals surface area contributed by atoms with Gasteiger partial charge in [0, 0.05) is 18.8 Å². The van der Waals surface area contributed by atoms with Gasteiger partial charge in [-0.1, -0.05) is 30.3 Å². The average molecular weight is 313 g/mol. The van der Waals surface area contributed by atoms with Crippen molar-refractivity contribution in [3.05, 3.63) is 72.1 Å². The van der Waals surface area contributed by atoms with Crippen LogP contribution in [-0.2, 0) is 14.3 Å². The number of hydrogen-bond donors (Lipinski definition) is 0. The summed E-state index contributed by atoms with van der Waals surface area (Å²) < 4.78 is 17.7. The summed E-state index contributed by atoms with van der Waals surface area (Å²) in [4.78, 5) is 24.9. The first-order valence-electron chi connectivity index (χ1n) is 6.98. The summed E-state index contributed by atoms with van der Waals surface area (Å²) >= 11 is 0. The number of amides is 1. The van der Waals surface area contributed by atoms with E-state index in [9.17, 15) is 14.0 Å². The van der Waals surface area contributed by atoms with Crippen LogP contribution in [0.3, 0.4) is 0 Å². The van der Waals surface area contributed by atoms with Crippen molar-refractivity contribution in [1.29, 1.82) is 0 Å². The fourth-order valence-corrected chi connectivity index (χ4v) is 1.81. The Morgan fingerprint density at radius 2 is 1.74 bits per heavy atom. The van der Waals surface area contributed by atoms with E-state index in [1.807, 2.05) is 18.2 Å². The van der Waals surface area contributed by atoms with Gasteiger partial charge in [0.25, 0.3) is 5.91 Å². The van der Waals surface area contributed by atoms with Crippen LogP contribution in [0.15, 0.2) is 60.7 Å². The molecule has 2 aromatic rings. The maximum absolute atomic E-state index is 12.8. The molecule has 0 aliphatic heterocycles. The normalized spacial score (nSPS) is 10.5. The largest absolute Gasteiger partial charge is 0.452 e. The van der Waals surface area contributed by atoms with Crippen LogP contribution in [0.2, 0.25) is 0 Å². The zero-order chi connectivity index (χ0) is 16.7. The van der Waals surface area contributed by atoms with Gasteiger partial charge in [-0.25, -0.2) is 9.18 Å². The smallest absolute Gasteiger partial charge is 0.331 e. The van der Waals surface area contributed by atoms with E-state index >= 15 is 0 Å². The first-order valence-corrected chi connectivity index (χ1v) is 6.98. The fourth-order valence-electron chi connectivity index (χ4n) is 1.81. The molecule has 0 unspecified atom stereocenters. The Labute approximate surface area is 133 Å². The average Bonchev–Trinajstić information content (AvgIpc) is 2.59. The number of likely N-dealkylation sites (N-methyl/N-ethyl adjacent to an activating group) is 1. The van der Waals surface area contributed by atoms with Gasteiger partial charge in [-0.15, -0.1) is 0 Å². The SMILES string of the molecule is CN(C(=O)COC(=O)C=Cc1ccc(F)cc1)c1ccccc1. The second kappa shape index (κ2) is 7.89. The van der Waals surface area contributed by atoms with Gasteiger partial charge in [0.05, 0.1) is 0 Å². The van der Waals surface area contributed by atoms with Gasteiger partial charge in [-0.05, 0) is 35.9 Å². The van der Waals surface area contributed by atoms with Gasteiger partial charge >= 0.3 is 5.97 Å². The highest BCUT2D eigenvalue weighted by Crippen LogP contribution is 2.11. The third kappa shape index (κ3) is 5.07. The van der Waals surface area contributed by atoms with Crippen molar-refractivity contribution in [1.82, 2.24) is 0 Å². The molecule has 0 spiro atoms. The van der Waals surface area contributed by atoms with Crippen molar-refractivity contribution >= 4 is 23.6 Å². The summed E-state index contributed by atoms with van der Waals surface area (Å²) in [5.74, 6) is -1.32.